The van der Waals surface area contributed by atoms with Crippen molar-refractivity contribution in [2.75, 3.05) is 10.6 Å². The number of carbonyl (C=O) groups excluding carboxylic acids is 1. The number of pyridine rings is 2. The molecule has 2 aromatic heterocycles. The molecule has 0 radical (unpaired) electrons. The first-order valence-corrected chi connectivity index (χ1v) is 9.46. The van der Waals surface area contributed by atoms with Crippen LogP contribution in [0.5, 0.6) is 0 Å². The van der Waals surface area contributed by atoms with Gasteiger partial charge in [0.15, 0.2) is 0 Å². The number of benzene rings is 1. The minimum Gasteiger partial charge on any atom is -0.354 e. The molecule has 4 N–H and O–H groups in total. The van der Waals surface area contributed by atoms with Gasteiger partial charge in [0.1, 0.15) is 11.6 Å². The molecule has 0 saturated carbocycles. The predicted octanol–water partition coefficient (Wildman–Crippen LogP) is 5.20. The molecule has 0 fully saturated rings. The van der Waals surface area contributed by atoms with E-state index in [-0.39, 0.29) is 10.8 Å². The monoisotopic (exact) mass is 426 g/mol. The van der Waals surface area contributed by atoms with Gasteiger partial charge in [0.05, 0.1) is 22.9 Å². The second-order valence-corrected chi connectivity index (χ2v) is 7.01. The molecule has 30 heavy (non-hydrogen) atoms. The van der Waals surface area contributed by atoms with Gasteiger partial charge in [-0.1, -0.05) is 17.7 Å². The molecule has 7 nitrogen and oxygen atoms in total. The predicted molar refractivity (Wildman–Crippen MR) is 116 cm³/mol. The van der Waals surface area contributed by atoms with Crippen LogP contribution in [0.2, 0.25) is 5.02 Å². The van der Waals surface area contributed by atoms with Crippen LogP contribution in [0.1, 0.15) is 29.8 Å². The molecule has 1 aromatic carbocycles. The Kier molecular flexibility index (Phi) is 6.58. The van der Waals surface area contributed by atoms with Gasteiger partial charge >= 0.3 is 6.03 Å². The maximum Gasteiger partial charge on any atom is 0.320 e. The molecule has 2 heterocycles. The summed E-state index contributed by atoms with van der Waals surface area (Å²) in [6.07, 6.45) is 4.39. The number of anilines is 3. The van der Waals surface area contributed by atoms with Gasteiger partial charge in [-0.25, -0.2) is 14.2 Å². The van der Waals surface area contributed by atoms with Crippen molar-refractivity contribution in [2.45, 2.75) is 19.9 Å². The van der Waals surface area contributed by atoms with Crippen LogP contribution in [-0.4, -0.2) is 22.2 Å². The summed E-state index contributed by atoms with van der Waals surface area (Å²) in [6, 6.07) is 8.65. The summed E-state index contributed by atoms with van der Waals surface area (Å²) in [7, 11) is 0. The third-order valence-corrected chi connectivity index (χ3v) is 4.59. The van der Waals surface area contributed by atoms with E-state index in [9.17, 15) is 9.18 Å². The van der Waals surface area contributed by atoms with Crippen molar-refractivity contribution >= 4 is 41.0 Å². The largest absolute Gasteiger partial charge is 0.354 e. The second kappa shape index (κ2) is 9.32. The summed E-state index contributed by atoms with van der Waals surface area (Å²) < 4.78 is 13.3. The molecule has 0 bridgehead atoms. The molecule has 3 rings (SSSR count). The highest BCUT2D eigenvalue weighted by molar-refractivity contribution is 6.30. The minimum atomic E-state index is -0.518. The number of hydrogen-bond donors (Lipinski definition) is 4. The van der Waals surface area contributed by atoms with E-state index in [4.69, 9.17) is 17.0 Å². The van der Waals surface area contributed by atoms with Gasteiger partial charge in [-0.3, -0.25) is 10.3 Å². The number of nitrogens with one attached hydrogen (secondary N) is 4. The Morgan fingerprint density at radius 3 is 2.73 bits per heavy atom. The van der Waals surface area contributed by atoms with Crippen molar-refractivity contribution in [1.29, 1.82) is 5.41 Å². The van der Waals surface area contributed by atoms with Crippen molar-refractivity contribution in [3.63, 3.8) is 0 Å². The highest BCUT2D eigenvalue weighted by atomic mass is 35.5. The number of urea groups is 1. The molecule has 3 aromatic rings. The fraction of sp³-hybridized carbons (Fsp3) is 0.143. The third-order valence-electron chi connectivity index (χ3n) is 4.30. The average Bonchev–Trinajstić information content (AvgIpc) is 2.71. The number of halogens is 2. The Bertz CT molecular complexity index is 1090. The Labute approximate surface area is 178 Å². The number of aromatic nitrogens is 2. The number of hydrogen-bond acceptors (Lipinski definition) is 5. The van der Waals surface area contributed by atoms with E-state index < -0.39 is 17.9 Å². The lowest BCUT2D eigenvalue weighted by Crippen LogP contribution is -2.31. The van der Waals surface area contributed by atoms with E-state index in [1.165, 1.54) is 24.5 Å². The van der Waals surface area contributed by atoms with Crippen molar-refractivity contribution in [2.24, 2.45) is 0 Å². The number of amides is 2. The molecule has 9 heteroatoms. The molecular weight excluding hydrogens is 407 g/mol. The standard InChI is InChI=1S/C21H20ClFN6O/c1-12-7-16(5-6-25-12)28-19-11-26-20(9-15(19)10-24)29-21(30)27-13(2)14-3-4-18(23)17(22)8-14/h3-11,13,24H,1-2H3,(H,25,28)(H2,26,27,29,30)/t13-/m1/s1. The molecule has 0 unspecified atom stereocenters. The number of nitrogens with zero attached hydrogens (tertiary/aromatic N) is 2. The zero-order valence-corrected chi connectivity index (χ0v) is 17.1. The highest BCUT2D eigenvalue weighted by Crippen LogP contribution is 2.23. The molecule has 0 saturated heterocycles. The molecule has 0 aliphatic carbocycles. The smallest absolute Gasteiger partial charge is 0.320 e. The minimum absolute atomic E-state index is 0.00803. The average molecular weight is 427 g/mol. The molecular formula is C21H20ClFN6O. The summed E-state index contributed by atoms with van der Waals surface area (Å²) in [5, 5.41) is 16.2. The molecule has 0 spiro atoms. The number of carbonyl (C=O) groups is 1. The number of aryl methyl sites for hydroxylation is 1. The maximum absolute atomic E-state index is 13.3. The van der Waals surface area contributed by atoms with Gasteiger partial charge < -0.3 is 16.0 Å². The van der Waals surface area contributed by atoms with E-state index in [1.54, 1.807) is 25.3 Å². The third kappa shape index (κ3) is 5.30. The first kappa shape index (κ1) is 21.2. The Morgan fingerprint density at radius 2 is 2.03 bits per heavy atom. The van der Waals surface area contributed by atoms with E-state index in [0.29, 0.717) is 16.8 Å². The fourth-order valence-corrected chi connectivity index (χ4v) is 2.95. The first-order chi connectivity index (χ1) is 14.4. The topological polar surface area (TPSA) is 103 Å². The summed E-state index contributed by atoms with van der Waals surface area (Å²) in [6.45, 7) is 3.64. The Balaban J connectivity index is 1.67. The van der Waals surface area contributed by atoms with Crippen molar-refractivity contribution in [3.05, 3.63) is 76.5 Å². The van der Waals surface area contributed by atoms with E-state index in [2.05, 4.69) is 25.9 Å². The quantitative estimate of drug-likeness (QED) is 0.406. The Morgan fingerprint density at radius 1 is 1.23 bits per heavy atom. The van der Waals surface area contributed by atoms with Crippen LogP contribution in [0.25, 0.3) is 0 Å². The molecule has 0 aliphatic rings. The van der Waals surface area contributed by atoms with Gasteiger partial charge in [-0.2, -0.15) is 0 Å². The van der Waals surface area contributed by atoms with Crippen LogP contribution in [-0.2, 0) is 0 Å². The normalized spacial score (nSPS) is 11.5. The zero-order valence-electron chi connectivity index (χ0n) is 16.3. The van der Waals surface area contributed by atoms with Crippen LogP contribution in [0.3, 0.4) is 0 Å². The maximum atomic E-state index is 13.3. The lowest BCUT2D eigenvalue weighted by molar-refractivity contribution is 0.249. The van der Waals surface area contributed by atoms with E-state index in [1.807, 2.05) is 19.1 Å². The lowest BCUT2D eigenvalue weighted by Gasteiger charge is -2.16. The Hall–Kier alpha value is -3.52. The van der Waals surface area contributed by atoms with Gasteiger partial charge in [-0.15, -0.1) is 0 Å². The van der Waals surface area contributed by atoms with Gasteiger partial charge in [0, 0.05) is 29.4 Å². The molecule has 2 amide bonds. The first-order valence-electron chi connectivity index (χ1n) is 9.08. The van der Waals surface area contributed by atoms with Crippen molar-refractivity contribution in [3.8, 4) is 0 Å². The van der Waals surface area contributed by atoms with Crippen molar-refractivity contribution in [1.82, 2.24) is 15.3 Å². The zero-order chi connectivity index (χ0) is 21.7. The summed E-state index contributed by atoms with van der Waals surface area (Å²) in [5.74, 6) is -0.233. The second-order valence-electron chi connectivity index (χ2n) is 6.61. The fourth-order valence-electron chi connectivity index (χ4n) is 2.76. The van der Waals surface area contributed by atoms with Crippen LogP contribution < -0.4 is 16.0 Å². The van der Waals surface area contributed by atoms with Crippen LogP contribution >= 0.6 is 11.6 Å². The van der Waals surface area contributed by atoms with Gasteiger partial charge in [-0.05, 0) is 49.7 Å². The molecule has 1 atom stereocenters. The van der Waals surface area contributed by atoms with Gasteiger partial charge in [0.25, 0.3) is 0 Å². The van der Waals surface area contributed by atoms with Gasteiger partial charge in [0.2, 0.25) is 0 Å². The highest BCUT2D eigenvalue weighted by Gasteiger charge is 2.13. The molecule has 0 aliphatic heterocycles. The summed E-state index contributed by atoms with van der Waals surface area (Å²) in [5.41, 5.74) is 3.51. The lowest BCUT2D eigenvalue weighted by atomic mass is 10.1. The van der Waals surface area contributed by atoms with Crippen LogP contribution in [0, 0.1) is 18.2 Å². The van der Waals surface area contributed by atoms with Crippen LogP contribution in [0.15, 0.2) is 48.8 Å². The summed E-state index contributed by atoms with van der Waals surface area (Å²) >= 11 is 5.80. The number of rotatable bonds is 6. The van der Waals surface area contributed by atoms with E-state index in [0.717, 1.165) is 11.4 Å². The van der Waals surface area contributed by atoms with E-state index >= 15 is 0 Å². The van der Waals surface area contributed by atoms with Crippen molar-refractivity contribution < 1.29 is 9.18 Å². The summed E-state index contributed by atoms with van der Waals surface area (Å²) in [4.78, 5) is 20.7. The molecule has 154 valence electrons. The SMILES string of the molecule is Cc1cc(Nc2cnc(NC(=O)N[C@H](C)c3ccc(F)c(Cl)c3)cc2C=N)ccn1. The van der Waals surface area contributed by atoms with Crippen LogP contribution in [0.4, 0.5) is 26.4 Å².